The molecule has 11 heteroatoms. The summed E-state index contributed by atoms with van der Waals surface area (Å²) in [6, 6.07) is 4.90. The molecular weight excluding hydrogens is 413 g/mol. The van der Waals surface area contributed by atoms with Crippen molar-refractivity contribution in [3.05, 3.63) is 59.9 Å². The Morgan fingerprint density at radius 1 is 1.10 bits per heavy atom. The van der Waals surface area contributed by atoms with Crippen LogP contribution in [-0.4, -0.2) is 53.1 Å². The quantitative estimate of drug-likeness (QED) is 0.801. The summed E-state index contributed by atoms with van der Waals surface area (Å²) in [4.78, 5) is 27.9. The van der Waals surface area contributed by atoms with Gasteiger partial charge in [-0.3, -0.25) is 9.78 Å². The highest BCUT2D eigenvalue weighted by atomic mass is 32.2. The molecule has 1 N–H and O–H groups in total. The van der Waals surface area contributed by atoms with Gasteiger partial charge in [0.2, 0.25) is 0 Å². The van der Waals surface area contributed by atoms with E-state index >= 15 is 0 Å². The van der Waals surface area contributed by atoms with Crippen molar-refractivity contribution < 1.29 is 36.3 Å². The van der Waals surface area contributed by atoms with Crippen molar-refractivity contribution in [2.75, 3.05) is 6.54 Å². The molecule has 2 atom stereocenters. The van der Waals surface area contributed by atoms with Gasteiger partial charge < -0.3 is 10.0 Å². The summed E-state index contributed by atoms with van der Waals surface area (Å²) < 4.78 is 65.7. The number of amides is 1. The summed E-state index contributed by atoms with van der Waals surface area (Å²) >= 11 is 0. The first-order valence-corrected chi connectivity index (χ1v) is 9.92. The van der Waals surface area contributed by atoms with E-state index in [0.29, 0.717) is 6.07 Å². The maximum absolute atomic E-state index is 13.3. The molecule has 2 heterocycles. The van der Waals surface area contributed by atoms with Gasteiger partial charge >= 0.3 is 12.1 Å². The number of hydrogen-bond acceptors (Lipinski definition) is 5. The van der Waals surface area contributed by atoms with Crippen molar-refractivity contribution in [3.63, 3.8) is 0 Å². The molecule has 3 rings (SSSR count). The standard InChI is InChI=1S/C18H15F3N2O5S/c19-18(20,21)13-3-1-2-4-15(13)29(27,28)12-9-14(17(25)26)23(10-12)16(24)11-5-7-22-8-6-11/h1-8,12,14H,9-10H2,(H,25,26)/t12-,14+/m1/s1. The lowest BCUT2D eigenvalue weighted by Crippen LogP contribution is -2.40. The molecule has 1 aromatic heterocycles. The van der Waals surface area contributed by atoms with Crippen LogP contribution in [0.25, 0.3) is 0 Å². The zero-order valence-corrected chi connectivity index (χ0v) is 15.5. The van der Waals surface area contributed by atoms with Crippen molar-refractivity contribution in [1.82, 2.24) is 9.88 Å². The van der Waals surface area contributed by atoms with Crippen LogP contribution in [0.5, 0.6) is 0 Å². The highest BCUT2D eigenvalue weighted by Crippen LogP contribution is 2.37. The predicted molar refractivity (Wildman–Crippen MR) is 93.7 cm³/mol. The molecular formula is C18H15F3N2O5S. The zero-order chi connectivity index (χ0) is 21.4. The number of carboxylic acids is 1. The highest BCUT2D eigenvalue weighted by Gasteiger charge is 2.47. The lowest BCUT2D eigenvalue weighted by atomic mass is 10.2. The minimum atomic E-state index is -4.90. The topological polar surface area (TPSA) is 105 Å². The van der Waals surface area contributed by atoms with E-state index < -0.39 is 62.6 Å². The van der Waals surface area contributed by atoms with Gasteiger partial charge in [0.05, 0.1) is 15.7 Å². The summed E-state index contributed by atoms with van der Waals surface area (Å²) in [6.45, 7) is -0.535. The Morgan fingerprint density at radius 3 is 2.31 bits per heavy atom. The van der Waals surface area contributed by atoms with Crippen LogP contribution >= 0.6 is 0 Å². The second-order valence-corrected chi connectivity index (χ2v) is 8.64. The first kappa shape index (κ1) is 20.8. The van der Waals surface area contributed by atoms with Gasteiger partial charge in [-0.15, -0.1) is 0 Å². The summed E-state index contributed by atoms with van der Waals surface area (Å²) in [7, 11) is -4.56. The van der Waals surface area contributed by atoms with Crippen molar-refractivity contribution in [2.24, 2.45) is 0 Å². The zero-order valence-electron chi connectivity index (χ0n) is 14.7. The average Bonchev–Trinajstić information content (AvgIpc) is 3.14. The van der Waals surface area contributed by atoms with Crippen molar-refractivity contribution in [3.8, 4) is 0 Å². The number of likely N-dealkylation sites (tertiary alicyclic amines) is 1. The third-order valence-electron chi connectivity index (χ3n) is 4.67. The largest absolute Gasteiger partial charge is 0.480 e. The highest BCUT2D eigenvalue weighted by molar-refractivity contribution is 7.92. The minimum absolute atomic E-state index is 0.0972. The van der Waals surface area contributed by atoms with Crippen LogP contribution < -0.4 is 0 Å². The number of aromatic nitrogens is 1. The fraction of sp³-hybridized carbons (Fsp3) is 0.278. The second kappa shape index (κ2) is 7.47. The Hall–Kier alpha value is -2.95. The van der Waals surface area contributed by atoms with Crippen LogP contribution in [0.2, 0.25) is 0 Å². The van der Waals surface area contributed by atoms with Crippen LogP contribution in [0.4, 0.5) is 13.2 Å². The number of rotatable bonds is 4. The molecule has 1 aromatic carbocycles. The number of halogens is 3. The molecule has 2 aromatic rings. The van der Waals surface area contributed by atoms with Gasteiger partial charge in [0.25, 0.3) is 5.91 Å². The Bertz CT molecular complexity index is 1040. The molecule has 1 aliphatic heterocycles. The van der Waals surface area contributed by atoms with E-state index in [4.69, 9.17) is 0 Å². The summed E-state index contributed by atoms with van der Waals surface area (Å²) in [5.74, 6) is -2.17. The van der Waals surface area contributed by atoms with Crippen LogP contribution in [0.3, 0.4) is 0 Å². The number of carbonyl (C=O) groups is 2. The van der Waals surface area contributed by atoms with Gasteiger partial charge in [-0.2, -0.15) is 13.2 Å². The van der Waals surface area contributed by atoms with Gasteiger partial charge in [0.15, 0.2) is 9.84 Å². The molecule has 1 aliphatic rings. The van der Waals surface area contributed by atoms with Gasteiger partial charge in [-0.05, 0) is 30.7 Å². The summed E-state index contributed by atoms with van der Waals surface area (Å²) in [5, 5.41) is 7.95. The molecule has 0 bridgehead atoms. The number of carboxylic acid groups (broad SMARTS) is 1. The molecule has 1 fully saturated rings. The number of pyridine rings is 1. The van der Waals surface area contributed by atoms with Crippen molar-refractivity contribution in [2.45, 2.75) is 28.8 Å². The first-order valence-electron chi connectivity index (χ1n) is 8.37. The van der Waals surface area contributed by atoms with E-state index in [1.165, 1.54) is 24.5 Å². The maximum atomic E-state index is 13.3. The minimum Gasteiger partial charge on any atom is -0.480 e. The monoisotopic (exact) mass is 428 g/mol. The van der Waals surface area contributed by atoms with E-state index in [1.54, 1.807) is 0 Å². The third kappa shape index (κ3) is 3.95. The second-order valence-electron chi connectivity index (χ2n) is 6.44. The molecule has 7 nitrogen and oxygen atoms in total. The first-order chi connectivity index (χ1) is 13.5. The number of sulfone groups is 1. The summed E-state index contributed by atoms with van der Waals surface area (Å²) in [6.07, 6.45) is -2.79. The molecule has 154 valence electrons. The van der Waals surface area contributed by atoms with Crippen molar-refractivity contribution in [1.29, 1.82) is 0 Å². The van der Waals surface area contributed by atoms with Gasteiger partial charge in [0.1, 0.15) is 6.04 Å². The molecule has 1 amide bonds. The SMILES string of the molecule is O=C(O)[C@@H]1C[C@@H](S(=O)(=O)c2ccccc2C(F)(F)F)CN1C(=O)c1ccncc1. The number of alkyl halides is 3. The Balaban J connectivity index is 1.99. The van der Waals surface area contributed by atoms with Crippen molar-refractivity contribution >= 4 is 21.7 Å². The number of hydrogen-bond donors (Lipinski definition) is 1. The lowest BCUT2D eigenvalue weighted by molar-refractivity contribution is -0.141. The molecule has 0 radical (unpaired) electrons. The Labute approximate surface area is 163 Å². The third-order valence-corrected chi connectivity index (χ3v) is 6.86. The van der Waals surface area contributed by atoms with E-state index in [2.05, 4.69) is 4.98 Å². The molecule has 29 heavy (non-hydrogen) atoms. The van der Waals surface area contributed by atoms with Gasteiger partial charge in [-0.1, -0.05) is 12.1 Å². The van der Waals surface area contributed by atoms with Crippen LogP contribution in [0.1, 0.15) is 22.3 Å². The fourth-order valence-electron chi connectivity index (χ4n) is 3.27. The van der Waals surface area contributed by atoms with E-state index in [0.717, 1.165) is 23.1 Å². The number of carbonyl (C=O) groups excluding carboxylic acids is 1. The Morgan fingerprint density at radius 2 is 1.72 bits per heavy atom. The number of benzene rings is 1. The lowest BCUT2D eigenvalue weighted by Gasteiger charge is -2.21. The Kier molecular flexibility index (Phi) is 5.35. The molecule has 1 saturated heterocycles. The van der Waals surface area contributed by atoms with Crippen LogP contribution in [0, 0.1) is 0 Å². The molecule has 0 spiro atoms. The van der Waals surface area contributed by atoms with Crippen LogP contribution in [-0.2, 0) is 20.8 Å². The smallest absolute Gasteiger partial charge is 0.417 e. The fourth-order valence-corrected chi connectivity index (χ4v) is 5.18. The molecule has 0 unspecified atom stereocenters. The van der Waals surface area contributed by atoms with Gasteiger partial charge in [0, 0.05) is 24.5 Å². The predicted octanol–water partition coefficient (Wildman–Crippen LogP) is 2.24. The summed E-state index contributed by atoms with van der Waals surface area (Å²) in [5.41, 5.74) is -1.23. The van der Waals surface area contributed by atoms with Crippen LogP contribution in [0.15, 0.2) is 53.7 Å². The maximum Gasteiger partial charge on any atom is 0.417 e. The molecule has 0 aliphatic carbocycles. The normalized spacial score (nSPS) is 19.9. The molecule has 0 saturated carbocycles. The van der Waals surface area contributed by atoms with E-state index in [1.807, 2.05) is 0 Å². The van der Waals surface area contributed by atoms with E-state index in [-0.39, 0.29) is 5.56 Å². The average molecular weight is 428 g/mol. The van der Waals surface area contributed by atoms with Gasteiger partial charge in [-0.25, -0.2) is 13.2 Å². The number of aliphatic carboxylic acids is 1. The van der Waals surface area contributed by atoms with E-state index in [9.17, 15) is 36.3 Å². The number of nitrogens with zero attached hydrogens (tertiary/aromatic N) is 2.